The number of fused-ring (bicyclic) bond motifs is 1. The van der Waals surface area contributed by atoms with Crippen LogP contribution in [0.15, 0.2) is 28.2 Å². The van der Waals surface area contributed by atoms with Gasteiger partial charge in [0.1, 0.15) is 16.6 Å². The molecule has 7 heteroatoms. The molecule has 0 unspecified atom stereocenters. The molecule has 0 spiro atoms. The molecule has 2 heterocycles. The molecule has 0 amide bonds. The fourth-order valence-corrected chi connectivity index (χ4v) is 3.72. The van der Waals surface area contributed by atoms with Crippen molar-refractivity contribution in [2.45, 2.75) is 25.3 Å². The lowest BCUT2D eigenvalue weighted by molar-refractivity contribution is 0.434. The van der Waals surface area contributed by atoms with Crippen molar-refractivity contribution in [1.82, 2.24) is 14.5 Å². The summed E-state index contributed by atoms with van der Waals surface area (Å²) in [4.78, 5) is 8.86. The summed E-state index contributed by atoms with van der Waals surface area (Å²) in [7, 11) is 0. The van der Waals surface area contributed by atoms with Gasteiger partial charge in [0.05, 0.1) is 26.9 Å². The molecule has 0 saturated carbocycles. The second-order valence-corrected chi connectivity index (χ2v) is 7.16. The number of nitrogens with zero attached hydrogens (tertiary/aromatic N) is 3. The number of halogens is 3. The third-order valence-electron chi connectivity index (χ3n) is 3.40. The molecule has 1 aromatic carbocycles. The average Bonchev–Trinajstić information content (AvgIpc) is 3.06. The van der Waals surface area contributed by atoms with Crippen LogP contribution in [0, 0.1) is 5.82 Å². The Morgan fingerprint density at radius 3 is 2.81 bits per heavy atom. The van der Waals surface area contributed by atoms with Crippen LogP contribution >= 0.6 is 38.9 Å². The van der Waals surface area contributed by atoms with Crippen LogP contribution in [0.2, 0.25) is 0 Å². The molecule has 3 rings (SSSR count). The van der Waals surface area contributed by atoms with Gasteiger partial charge in [0, 0.05) is 17.6 Å². The van der Waals surface area contributed by atoms with Gasteiger partial charge in [-0.05, 0) is 35.8 Å². The first kappa shape index (κ1) is 14.9. The molecule has 0 saturated heterocycles. The number of rotatable bonds is 3. The van der Waals surface area contributed by atoms with E-state index < -0.39 is 5.54 Å². The normalized spacial score (nSPS) is 12.2. The average molecular weight is 389 g/mol. The van der Waals surface area contributed by atoms with Crippen LogP contribution < -0.4 is 0 Å². The van der Waals surface area contributed by atoms with Crippen LogP contribution in [-0.2, 0) is 11.4 Å². The third-order valence-corrected chi connectivity index (χ3v) is 5.33. The molecule has 0 N–H and O–H groups in total. The first-order chi connectivity index (χ1) is 9.95. The first-order valence-corrected chi connectivity index (χ1v) is 8.48. The summed E-state index contributed by atoms with van der Waals surface area (Å²) in [6, 6.07) is 3.16. The minimum Gasteiger partial charge on any atom is -0.315 e. The molecule has 0 radical (unpaired) electrons. The SMILES string of the molecule is CC(C)(c1nccs1)n1c(CCl)nc2cc(F)c(Br)cc21. The molecule has 0 aliphatic heterocycles. The van der Waals surface area contributed by atoms with Crippen LogP contribution in [-0.4, -0.2) is 14.5 Å². The highest BCUT2D eigenvalue weighted by Gasteiger charge is 2.30. The molecule has 3 nitrogen and oxygen atoms in total. The number of aromatic nitrogens is 3. The lowest BCUT2D eigenvalue weighted by Gasteiger charge is -2.27. The molecule has 3 aromatic rings. The second kappa shape index (κ2) is 5.34. The van der Waals surface area contributed by atoms with E-state index in [4.69, 9.17) is 11.6 Å². The van der Waals surface area contributed by atoms with Gasteiger partial charge in [0.2, 0.25) is 0 Å². The maximum absolute atomic E-state index is 13.7. The smallest absolute Gasteiger partial charge is 0.139 e. The Hall–Kier alpha value is -0.980. The van der Waals surface area contributed by atoms with Crippen LogP contribution in [0.25, 0.3) is 11.0 Å². The Balaban J connectivity index is 2.33. The van der Waals surface area contributed by atoms with Crippen LogP contribution in [0.1, 0.15) is 24.7 Å². The zero-order valence-electron chi connectivity index (χ0n) is 11.4. The van der Waals surface area contributed by atoms with Gasteiger partial charge in [-0.25, -0.2) is 14.4 Å². The molecule has 0 fully saturated rings. The number of hydrogen-bond acceptors (Lipinski definition) is 3. The van der Waals surface area contributed by atoms with Gasteiger partial charge >= 0.3 is 0 Å². The van der Waals surface area contributed by atoms with Crippen molar-refractivity contribution >= 4 is 49.9 Å². The topological polar surface area (TPSA) is 30.7 Å². The van der Waals surface area contributed by atoms with Gasteiger partial charge in [-0.1, -0.05) is 0 Å². The molecule has 2 aromatic heterocycles. The fraction of sp³-hybridized carbons (Fsp3) is 0.286. The van der Waals surface area contributed by atoms with Crippen LogP contribution in [0.4, 0.5) is 4.39 Å². The van der Waals surface area contributed by atoms with Crippen LogP contribution in [0.5, 0.6) is 0 Å². The van der Waals surface area contributed by atoms with E-state index in [0.29, 0.717) is 15.8 Å². The highest BCUT2D eigenvalue weighted by Crippen LogP contribution is 2.34. The monoisotopic (exact) mass is 387 g/mol. The van der Waals surface area contributed by atoms with Crippen LogP contribution in [0.3, 0.4) is 0 Å². The van der Waals surface area contributed by atoms with Crippen molar-refractivity contribution in [2.24, 2.45) is 0 Å². The highest BCUT2D eigenvalue weighted by atomic mass is 79.9. The molecule has 110 valence electrons. The zero-order chi connectivity index (χ0) is 15.2. The quantitative estimate of drug-likeness (QED) is 0.596. The van der Waals surface area contributed by atoms with Gasteiger partial charge < -0.3 is 4.57 Å². The predicted octanol–water partition coefficient (Wildman–Crippen LogP) is 4.92. The summed E-state index contributed by atoms with van der Waals surface area (Å²) < 4.78 is 16.2. The summed E-state index contributed by atoms with van der Waals surface area (Å²) in [6.45, 7) is 4.11. The Morgan fingerprint density at radius 2 is 2.19 bits per heavy atom. The summed E-state index contributed by atoms with van der Waals surface area (Å²) in [5.41, 5.74) is 1.01. The van der Waals surface area contributed by atoms with Gasteiger partial charge in [-0.3, -0.25) is 0 Å². The zero-order valence-corrected chi connectivity index (χ0v) is 14.6. The molecule has 0 aliphatic rings. The number of hydrogen-bond donors (Lipinski definition) is 0. The van der Waals surface area contributed by atoms with Crippen molar-refractivity contribution in [2.75, 3.05) is 0 Å². The Labute approximate surface area is 138 Å². The summed E-state index contributed by atoms with van der Waals surface area (Å²) in [5.74, 6) is 0.618. The van der Waals surface area contributed by atoms with E-state index in [1.807, 2.05) is 9.95 Å². The number of alkyl halides is 1. The molecular weight excluding hydrogens is 377 g/mol. The summed E-state index contributed by atoms with van der Waals surface area (Å²) >= 11 is 10.9. The van der Waals surface area contributed by atoms with Gasteiger partial charge in [-0.15, -0.1) is 22.9 Å². The second-order valence-electron chi connectivity index (χ2n) is 5.15. The maximum Gasteiger partial charge on any atom is 0.139 e. The van der Waals surface area contributed by atoms with Crippen molar-refractivity contribution in [1.29, 1.82) is 0 Å². The molecule has 0 atom stereocenters. The van der Waals surface area contributed by atoms with Crippen molar-refractivity contribution < 1.29 is 4.39 Å². The summed E-state index contributed by atoms with van der Waals surface area (Å²) in [6.07, 6.45) is 1.77. The Morgan fingerprint density at radius 1 is 1.43 bits per heavy atom. The minimum absolute atomic E-state index is 0.253. The van der Waals surface area contributed by atoms with Crippen molar-refractivity contribution in [3.05, 3.63) is 44.8 Å². The Bertz CT molecular complexity index is 798. The van der Waals surface area contributed by atoms with Crippen molar-refractivity contribution in [3.63, 3.8) is 0 Å². The number of imidazole rings is 1. The minimum atomic E-state index is -0.412. The highest BCUT2D eigenvalue weighted by molar-refractivity contribution is 9.10. The number of thiazole rings is 1. The first-order valence-electron chi connectivity index (χ1n) is 6.28. The van der Waals surface area contributed by atoms with Gasteiger partial charge in [-0.2, -0.15) is 0 Å². The van der Waals surface area contributed by atoms with E-state index in [1.54, 1.807) is 23.6 Å². The Kier molecular flexibility index (Phi) is 3.80. The van der Waals surface area contributed by atoms with E-state index in [9.17, 15) is 4.39 Å². The largest absolute Gasteiger partial charge is 0.315 e. The number of benzene rings is 1. The van der Waals surface area contributed by atoms with E-state index in [0.717, 1.165) is 10.5 Å². The molecule has 21 heavy (non-hydrogen) atoms. The van der Waals surface area contributed by atoms with E-state index in [1.165, 1.54) is 6.07 Å². The standard InChI is InChI=1S/C14H12BrClFN3S/c1-14(2,13-18-3-4-21-13)20-11-5-8(15)9(17)6-10(11)19-12(20)7-16/h3-6H,7H2,1-2H3. The maximum atomic E-state index is 13.7. The van der Waals surface area contributed by atoms with Gasteiger partial charge in [0.25, 0.3) is 0 Å². The summed E-state index contributed by atoms with van der Waals surface area (Å²) in [5, 5.41) is 2.89. The lowest BCUT2D eigenvalue weighted by Crippen LogP contribution is -2.29. The van der Waals surface area contributed by atoms with E-state index in [-0.39, 0.29) is 11.7 Å². The molecular formula is C14H12BrClFN3S. The van der Waals surface area contributed by atoms with Gasteiger partial charge in [0.15, 0.2) is 0 Å². The fourth-order valence-electron chi connectivity index (χ4n) is 2.46. The molecule has 0 bridgehead atoms. The molecule has 0 aliphatic carbocycles. The van der Waals surface area contributed by atoms with Crippen molar-refractivity contribution in [3.8, 4) is 0 Å². The predicted molar refractivity (Wildman–Crippen MR) is 87.5 cm³/mol. The lowest BCUT2D eigenvalue weighted by atomic mass is 10.1. The van der Waals surface area contributed by atoms with E-state index in [2.05, 4.69) is 39.7 Å². The van der Waals surface area contributed by atoms with E-state index >= 15 is 0 Å². The third kappa shape index (κ3) is 2.39.